The number of benzene rings is 1. The molecule has 1 aliphatic rings. The van der Waals surface area contributed by atoms with E-state index >= 15 is 0 Å². The van der Waals surface area contributed by atoms with E-state index in [2.05, 4.69) is 41.4 Å². The Morgan fingerprint density at radius 1 is 1.24 bits per heavy atom. The highest BCUT2D eigenvalue weighted by Crippen LogP contribution is 2.18. The van der Waals surface area contributed by atoms with Crippen LogP contribution in [0.2, 0.25) is 0 Å². The van der Waals surface area contributed by atoms with Gasteiger partial charge in [0.2, 0.25) is 11.8 Å². The average molecular weight is 364 g/mol. The van der Waals surface area contributed by atoms with E-state index in [0.717, 1.165) is 18.8 Å². The molecule has 2 rings (SSSR count). The van der Waals surface area contributed by atoms with Gasteiger partial charge in [-0.15, -0.1) is 0 Å². The van der Waals surface area contributed by atoms with Gasteiger partial charge >= 0.3 is 0 Å². The summed E-state index contributed by atoms with van der Waals surface area (Å²) in [4.78, 5) is 28.8. The third-order valence-corrected chi connectivity index (χ3v) is 5.17. The fraction of sp³-hybridized carbons (Fsp3) is 0.579. The fourth-order valence-electron chi connectivity index (χ4n) is 3.02. The van der Waals surface area contributed by atoms with Gasteiger partial charge in [-0.2, -0.15) is 11.8 Å². The maximum atomic E-state index is 12.8. The van der Waals surface area contributed by atoms with Gasteiger partial charge in [0.15, 0.2) is 0 Å². The van der Waals surface area contributed by atoms with Crippen LogP contribution in [0.1, 0.15) is 25.3 Å². The van der Waals surface area contributed by atoms with Crippen LogP contribution < -0.4 is 10.2 Å². The monoisotopic (exact) mass is 363 g/mol. The highest BCUT2D eigenvalue weighted by Gasteiger charge is 2.28. The molecule has 1 heterocycles. The van der Waals surface area contributed by atoms with Crippen molar-refractivity contribution >= 4 is 29.3 Å². The second-order valence-corrected chi connectivity index (χ2v) is 7.39. The van der Waals surface area contributed by atoms with Gasteiger partial charge in [-0.1, -0.05) is 19.1 Å². The van der Waals surface area contributed by atoms with Crippen LogP contribution in [-0.2, 0) is 9.59 Å². The average Bonchev–Trinajstić information content (AvgIpc) is 2.64. The molecule has 1 aromatic rings. The highest BCUT2D eigenvalue weighted by atomic mass is 32.2. The van der Waals surface area contributed by atoms with Gasteiger partial charge in [-0.25, -0.2) is 0 Å². The Labute approximate surface area is 155 Å². The lowest BCUT2D eigenvalue weighted by molar-refractivity contribution is -0.136. The molecule has 0 aromatic heterocycles. The molecular weight excluding hydrogens is 334 g/mol. The largest absolute Gasteiger partial charge is 0.368 e. The standard InChI is InChI=1S/C19H29N3O2S/c1-4-18(23)20-17(8-13-25-3)19(24)22-11-9-21(10-12-22)16-7-5-6-15(2)14-16/h5-7,14,17H,4,8-13H2,1-3H3,(H,20,23). The van der Waals surface area contributed by atoms with E-state index in [1.165, 1.54) is 11.3 Å². The molecule has 1 fully saturated rings. The van der Waals surface area contributed by atoms with Gasteiger partial charge in [0.25, 0.3) is 0 Å². The van der Waals surface area contributed by atoms with Crippen molar-refractivity contribution in [3.63, 3.8) is 0 Å². The molecule has 1 aliphatic heterocycles. The summed E-state index contributed by atoms with van der Waals surface area (Å²) in [5.41, 5.74) is 2.46. The molecule has 6 heteroatoms. The van der Waals surface area contributed by atoms with Crippen molar-refractivity contribution in [1.29, 1.82) is 0 Å². The van der Waals surface area contributed by atoms with Crippen molar-refractivity contribution in [1.82, 2.24) is 10.2 Å². The maximum absolute atomic E-state index is 12.8. The molecule has 1 N–H and O–H groups in total. The molecule has 0 bridgehead atoms. The van der Waals surface area contributed by atoms with Crippen LogP contribution >= 0.6 is 11.8 Å². The van der Waals surface area contributed by atoms with Crippen molar-refractivity contribution in [3.8, 4) is 0 Å². The number of rotatable bonds is 7. The van der Waals surface area contributed by atoms with Crippen molar-refractivity contribution in [2.24, 2.45) is 0 Å². The first-order valence-electron chi connectivity index (χ1n) is 8.93. The zero-order valence-corrected chi connectivity index (χ0v) is 16.3. The summed E-state index contributed by atoms with van der Waals surface area (Å²) in [6.45, 7) is 6.95. The molecule has 1 saturated heterocycles. The first-order chi connectivity index (χ1) is 12.0. The number of hydrogen-bond acceptors (Lipinski definition) is 4. The van der Waals surface area contributed by atoms with E-state index in [0.29, 0.717) is 25.9 Å². The third kappa shape index (κ3) is 5.66. The first-order valence-corrected chi connectivity index (χ1v) is 10.3. The van der Waals surface area contributed by atoms with E-state index in [1.54, 1.807) is 11.8 Å². The number of hydrogen-bond donors (Lipinski definition) is 1. The molecule has 2 amide bonds. The Bertz CT molecular complexity index is 586. The summed E-state index contributed by atoms with van der Waals surface area (Å²) in [6, 6.07) is 8.06. The minimum Gasteiger partial charge on any atom is -0.368 e. The SMILES string of the molecule is CCC(=O)NC(CCSC)C(=O)N1CCN(c2cccc(C)c2)CC1. The minimum absolute atomic E-state index is 0.0553. The van der Waals surface area contributed by atoms with Crippen LogP contribution in [0.3, 0.4) is 0 Å². The summed E-state index contributed by atoms with van der Waals surface area (Å²) in [7, 11) is 0. The number of thioether (sulfide) groups is 1. The highest BCUT2D eigenvalue weighted by molar-refractivity contribution is 7.98. The van der Waals surface area contributed by atoms with Gasteiger partial charge in [0.1, 0.15) is 6.04 Å². The third-order valence-electron chi connectivity index (χ3n) is 4.52. The molecule has 25 heavy (non-hydrogen) atoms. The van der Waals surface area contributed by atoms with E-state index < -0.39 is 6.04 Å². The summed E-state index contributed by atoms with van der Waals surface area (Å²) in [6.07, 6.45) is 3.11. The zero-order valence-electron chi connectivity index (χ0n) is 15.5. The Balaban J connectivity index is 1.94. The molecular formula is C19H29N3O2S. The van der Waals surface area contributed by atoms with Crippen LogP contribution in [0.25, 0.3) is 0 Å². The normalized spacial score (nSPS) is 15.8. The summed E-state index contributed by atoms with van der Waals surface area (Å²) in [5, 5.41) is 2.89. The molecule has 138 valence electrons. The van der Waals surface area contributed by atoms with Gasteiger partial charge in [-0.05, 0) is 43.0 Å². The number of nitrogens with one attached hydrogen (secondary N) is 1. The maximum Gasteiger partial charge on any atom is 0.245 e. The van der Waals surface area contributed by atoms with Crippen LogP contribution in [-0.4, -0.2) is 60.9 Å². The Hall–Kier alpha value is -1.69. The molecule has 0 spiro atoms. The second-order valence-electron chi connectivity index (χ2n) is 6.41. The number of piperazine rings is 1. The van der Waals surface area contributed by atoms with E-state index in [4.69, 9.17) is 0 Å². The number of carbonyl (C=O) groups is 2. The van der Waals surface area contributed by atoms with Gasteiger partial charge in [-0.3, -0.25) is 9.59 Å². The van der Waals surface area contributed by atoms with E-state index in [1.807, 2.05) is 18.1 Å². The Kier molecular flexibility index (Phi) is 7.62. The summed E-state index contributed by atoms with van der Waals surface area (Å²) in [5.74, 6) is 0.863. The summed E-state index contributed by atoms with van der Waals surface area (Å²) >= 11 is 1.70. The number of anilines is 1. The van der Waals surface area contributed by atoms with Crippen molar-refractivity contribution in [2.75, 3.05) is 43.1 Å². The lowest BCUT2D eigenvalue weighted by Gasteiger charge is -2.37. The van der Waals surface area contributed by atoms with Crippen LogP contribution in [0.15, 0.2) is 24.3 Å². The zero-order chi connectivity index (χ0) is 18.2. The van der Waals surface area contributed by atoms with Crippen molar-refractivity contribution in [2.45, 2.75) is 32.7 Å². The Morgan fingerprint density at radius 3 is 2.56 bits per heavy atom. The molecule has 1 atom stereocenters. The van der Waals surface area contributed by atoms with Crippen LogP contribution in [0, 0.1) is 6.92 Å². The molecule has 1 unspecified atom stereocenters. The number of carbonyl (C=O) groups excluding carboxylic acids is 2. The predicted octanol–water partition coefficient (Wildman–Crippen LogP) is 2.29. The quantitative estimate of drug-likeness (QED) is 0.808. The molecule has 0 saturated carbocycles. The predicted molar refractivity (Wildman–Crippen MR) is 105 cm³/mol. The smallest absolute Gasteiger partial charge is 0.245 e. The lowest BCUT2D eigenvalue weighted by atomic mass is 10.1. The number of nitrogens with zero attached hydrogens (tertiary/aromatic N) is 2. The first kappa shape index (κ1) is 19.6. The number of aryl methyl sites for hydroxylation is 1. The fourth-order valence-corrected chi connectivity index (χ4v) is 3.49. The van der Waals surface area contributed by atoms with E-state index in [-0.39, 0.29) is 11.8 Å². The van der Waals surface area contributed by atoms with Gasteiger partial charge in [0, 0.05) is 38.3 Å². The van der Waals surface area contributed by atoms with Crippen LogP contribution in [0.4, 0.5) is 5.69 Å². The lowest BCUT2D eigenvalue weighted by Crippen LogP contribution is -2.55. The summed E-state index contributed by atoms with van der Waals surface area (Å²) < 4.78 is 0. The van der Waals surface area contributed by atoms with Crippen molar-refractivity contribution < 1.29 is 9.59 Å². The van der Waals surface area contributed by atoms with Crippen molar-refractivity contribution in [3.05, 3.63) is 29.8 Å². The minimum atomic E-state index is -0.398. The van der Waals surface area contributed by atoms with Gasteiger partial charge in [0.05, 0.1) is 0 Å². The van der Waals surface area contributed by atoms with Crippen LogP contribution in [0.5, 0.6) is 0 Å². The molecule has 5 nitrogen and oxygen atoms in total. The molecule has 0 aliphatic carbocycles. The molecule has 0 radical (unpaired) electrons. The van der Waals surface area contributed by atoms with E-state index in [9.17, 15) is 9.59 Å². The second kappa shape index (κ2) is 9.70. The van der Waals surface area contributed by atoms with Gasteiger partial charge < -0.3 is 15.1 Å². The molecule has 1 aromatic carbocycles. The Morgan fingerprint density at radius 2 is 1.96 bits per heavy atom. The topological polar surface area (TPSA) is 52.7 Å². The number of amides is 2.